The molecule has 80 valence electrons. The lowest BCUT2D eigenvalue weighted by molar-refractivity contribution is -0.125. The highest BCUT2D eigenvalue weighted by Crippen LogP contribution is 2.37. The molecule has 2 saturated carbocycles. The zero-order valence-corrected chi connectivity index (χ0v) is 10.2. The molecule has 0 radical (unpaired) electrons. The summed E-state index contributed by atoms with van der Waals surface area (Å²) in [5.41, 5.74) is 0. The van der Waals surface area contributed by atoms with Gasteiger partial charge in [0.05, 0.1) is 0 Å². The van der Waals surface area contributed by atoms with Crippen LogP contribution < -0.4 is 5.32 Å². The van der Waals surface area contributed by atoms with Crippen LogP contribution in [0.2, 0.25) is 0 Å². The number of hydrogen-bond acceptors (Lipinski definition) is 1. The Bertz CT molecular complexity index is 223. The molecule has 3 heteroatoms. The van der Waals surface area contributed by atoms with Gasteiger partial charge in [0.2, 0.25) is 5.91 Å². The van der Waals surface area contributed by atoms with Gasteiger partial charge in [0.1, 0.15) is 0 Å². The monoisotopic (exact) mass is 259 g/mol. The molecule has 0 spiro atoms. The van der Waals surface area contributed by atoms with Crippen molar-refractivity contribution in [3.63, 3.8) is 0 Å². The minimum absolute atomic E-state index is 0.230. The largest absolute Gasteiger partial charge is 0.355 e. The Balaban J connectivity index is 1.65. The van der Waals surface area contributed by atoms with Gasteiger partial charge in [0.25, 0.3) is 0 Å². The second kappa shape index (κ2) is 4.21. The first-order chi connectivity index (χ1) is 6.68. The van der Waals surface area contributed by atoms with Crippen LogP contribution in [0, 0.1) is 17.8 Å². The lowest BCUT2D eigenvalue weighted by Crippen LogP contribution is -2.35. The summed E-state index contributed by atoms with van der Waals surface area (Å²) in [4.78, 5) is 12.1. The van der Waals surface area contributed by atoms with Crippen LogP contribution in [0.3, 0.4) is 0 Å². The second-order valence-corrected chi connectivity index (χ2v) is 5.90. The van der Waals surface area contributed by atoms with Gasteiger partial charge in [-0.25, -0.2) is 0 Å². The summed E-state index contributed by atoms with van der Waals surface area (Å²) in [7, 11) is 0. The lowest BCUT2D eigenvalue weighted by Gasteiger charge is -2.13. The minimum atomic E-state index is 0.230. The molecule has 0 heterocycles. The zero-order chi connectivity index (χ0) is 10.1. The molecule has 0 aromatic rings. The fraction of sp³-hybridized carbons (Fsp3) is 0.909. The number of halogens is 1. The molecule has 0 aromatic carbocycles. The van der Waals surface area contributed by atoms with E-state index in [2.05, 4.69) is 21.2 Å². The van der Waals surface area contributed by atoms with Gasteiger partial charge < -0.3 is 5.32 Å². The Morgan fingerprint density at radius 2 is 1.93 bits per heavy atom. The van der Waals surface area contributed by atoms with Crippen molar-refractivity contribution in [1.82, 2.24) is 5.32 Å². The fourth-order valence-electron chi connectivity index (χ4n) is 1.79. The van der Waals surface area contributed by atoms with Gasteiger partial charge in [-0.1, -0.05) is 22.9 Å². The van der Waals surface area contributed by atoms with E-state index in [0.29, 0.717) is 10.7 Å². The molecule has 14 heavy (non-hydrogen) atoms. The SMILES string of the molecule is CC(C(=O)NCC(Br)C1CC1)C1CC1. The molecule has 0 aliphatic heterocycles. The number of rotatable bonds is 5. The summed E-state index contributed by atoms with van der Waals surface area (Å²) in [6.45, 7) is 2.86. The van der Waals surface area contributed by atoms with Crippen molar-refractivity contribution in [2.45, 2.75) is 37.4 Å². The van der Waals surface area contributed by atoms with E-state index in [1.807, 2.05) is 6.92 Å². The van der Waals surface area contributed by atoms with Crippen molar-refractivity contribution in [2.24, 2.45) is 17.8 Å². The summed E-state index contributed by atoms with van der Waals surface area (Å²) < 4.78 is 0. The van der Waals surface area contributed by atoms with Gasteiger partial charge in [-0.15, -0.1) is 0 Å². The summed E-state index contributed by atoms with van der Waals surface area (Å²) in [6, 6.07) is 0. The van der Waals surface area contributed by atoms with Crippen LogP contribution >= 0.6 is 15.9 Å². The maximum atomic E-state index is 11.6. The summed E-state index contributed by atoms with van der Waals surface area (Å²) >= 11 is 3.62. The van der Waals surface area contributed by atoms with Gasteiger partial charge in [-0.2, -0.15) is 0 Å². The van der Waals surface area contributed by atoms with Gasteiger partial charge in [0.15, 0.2) is 0 Å². The smallest absolute Gasteiger partial charge is 0.223 e. The van der Waals surface area contributed by atoms with Gasteiger partial charge >= 0.3 is 0 Å². The van der Waals surface area contributed by atoms with E-state index in [1.165, 1.54) is 25.7 Å². The van der Waals surface area contributed by atoms with E-state index in [4.69, 9.17) is 0 Å². The van der Waals surface area contributed by atoms with E-state index in [9.17, 15) is 4.79 Å². The van der Waals surface area contributed by atoms with Gasteiger partial charge in [0, 0.05) is 17.3 Å². The van der Waals surface area contributed by atoms with Gasteiger partial charge in [-0.3, -0.25) is 4.79 Å². The Labute approximate surface area is 94.0 Å². The maximum absolute atomic E-state index is 11.6. The average molecular weight is 260 g/mol. The van der Waals surface area contributed by atoms with Crippen LogP contribution in [-0.4, -0.2) is 17.3 Å². The van der Waals surface area contributed by atoms with E-state index >= 15 is 0 Å². The molecule has 2 aliphatic carbocycles. The molecular formula is C11H18BrNO. The zero-order valence-electron chi connectivity index (χ0n) is 8.63. The van der Waals surface area contributed by atoms with Crippen LogP contribution in [0.5, 0.6) is 0 Å². The molecule has 1 N–H and O–H groups in total. The van der Waals surface area contributed by atoms with Crippen LogP contribution in [0.4, 0.5) is 0 Å². The normalized spacial score (nSPS) is 25.6. The van der Waals surface area contributed by atoms with Crippen molar-refractivity contribution < 1.29 is 4.79 Å². The van der Waals surface area contributed by atoms with E-state index in [1.54, 1.807) is 0 Å². The molecule has 2 nitrogen and oxygen atoms in total. The summed E-state index contributed by atoms with van der Waals surface area (Å²) in [5, 5.41) is 3.04. The van der Waals surface area contributed by atoms with Crippen LogP contribution in [0.15, 0.2) is 0 Å². The number of carbonyl (C=O) groups is 1. The predicted molar refractivity (Wildman–Crippen MR) is 60.3 cm³/mol. The quantitative estimate of drug-likeness (QED) is 0.755. The molecule has 0 saturated heterocycles. The molecule has 0 aromatic heterocycles. The number of hydrogen-bond donors (Lipinski definition) is 1. The number of alkyl halides is 1. The van der Waals surface area contributed by atoms with Crippen molar-refractivity contribution >= 4 is 21.8 Å². The first-order valence-corrected chi connectivity index (χ1v) is 6.52. The third-order valence-corrected chi connectivity index (χ3v) is 4.42. The van der Waals surface area contributed by atoms with Crippen molar-refractivity contribution in [2.75, 3.05) is 6.54 Å². The van der Waals surface area contributed by atoms with Crippen LogP contribution in [0.1, 0.15) is 32.6 Å². The van der Waals surface area contributed by atoms with E-state index in [0.717, 1.165) is 12.5 Å². The summed E-state index contributed by atoms with van der Waals surface area (Å²) in [5.74, 6) is 1.96. The second-order valence-electron chi connectivity index (χ2n) is 4.72. The first-order valence-electron chi connectivity index (χ1n) is 5.60. The van der Waals surface area contributed by atoms with Crippen molar-refractivity contribution in [3.05, 3.63) is 0 Å². The maximum Gasteiger partial charge on any atom is 0.223 e. The third-order valence-electron chi connectivity index (χ3n) is 3.35. The molecule has 0 bridgehead atoms. The van der Waals surface area contributed by atoms with Crippen molar-refractivity contribution in [1.29, 1.82) is 0 Å². The molecule has 2 unspecified atom stereocenters. The number of amides is 1. The first kappa shape index (κ1) is 10.5. The number of nitrogens with one attached hydrogen (secondary N) is 1. The topological polar surface area (TPSA) is 29.1 Å². The molecule has 2 rings (SSSR count). The number of carbonyl (C=O) groups excluding carboxylic acids is 1. The molecule has 2 aliphatic rings. The standard InChI is InChI=1S/C11H18BrNO/c1-7(8-2-3-8)11(14)13-6-10(12)9-4-5-9/h7-10H,2-6H2,1H3,(H,13,14). The summed E-state index contributed by atoms with van der Waals surface area (Å²) in [6.07, 6.45) is 5.14. The Morgan fingerprint density at radius 3 is 2.43 bits per heavy atom. The Hall–Kier alpha value is -0.0500. The molecule has 2 fully saturated rings. The minimum Gasteiger partial charge on any atom is -0.355 e. The Morgan fingerprint density at radius 1 is 1.36 bits per heavy atom. The predicted octanol–water partition coefficient (Wildman–Crippen LogP) is 2.32. The van der Waals surface area contributed by atoms with E-state index in [-0.39, 0.29) is 11.8 Å². The molecule has 1 amide bonds. The van der Waals surface area contributed by atoms with Crippen molar-refractivity contribution in [3.8, 4) is 0 Å². The fourth-order valence-corrected chi connectivity index (χ4v) is 2.48. The average Bonchev–Trinajstić information content (AvgIpc) is 3.05. The molecule has 2 atom stereocenters. The molecular weight excluding hydrogens is 242 g/mol. The highest BCUT2D eigenvalue weighted by molar-refractivity contribution is 9.09. The highest BCUT2D eigenvalue weighted by atomic mass is 79.9. The Kier molecular flexibility index (Phi) is 3.15. The highest BCUT2D eigenvalue weighted by Gasteiger charge is 2.34. The third kappa shape index (κ3) is 2.72. The van der Waals surface area contributed by atoms with Crippen LogP contribution in [-0.2, 0) is 4.79 Å². The van der Waals surface area contributed by atoms with E-state index < -0.39 is 0 Å². The van der Waals surface area contributed by atoms with Gasteiger partial charge in [-0.05, 0) is 37.5 Å². The van der Waals surface area contributed by atoms with Crippen LogP contribution in [0.25, 0.3) is 0 Å². The lowest BCUT2D eigenvalue weighted by atomic mass is 10.1.